The number of nitrogens with one attached hydrogen (secondary N) is 1. The van der Waals surface area contributed by atoms with Crippen LogP contribution in [-0.2, 0) is 11.2 Å². The lowest BCUT2D eigenvalue weighted by molar-refractivity contribution is 0.0512. The maximum absolute atomic E-state index is 13.4. The van der Waals surface area contributed by atoms with Gasteiger partial charge in [-0.25, -0.2) is 9.18 Å². The molecule has 1 aromatic carbocycles. The van der Waals surface area contributed by atoms with Crippen molar-refractivity contribution < 1.29 is 19.0 Å². The zero-order chi connectivity index (χ0) is 16.0. The molecule has 1 amide bonds. The van der Waals surface area contributed by atoms with Gasteiger partial charge in [0.15, 0.2) is 0 Å². The fourth-order valence-electron chi connectivity index (χ4n) is 1.76. The van der Waals surface area contributed by atoms with Crippen LogP contribution in [0.5, 0.6) is 0 Å². The fraction of sp³-hybridized carbons (Fsp3) is 0.533. The van der Waals surface area contributed by atoms with E-state index in [-0.39, 0.29) is 24.9 Å². The third-order valence-electron chi connectivity index (χ3n) is 2.73. The summed E-state index contributed by atoms with van der Waals surface area (Å²) in [5, 5.41) is 12.0. The second kappa shape index (κ2) is 7.75. The Balaban J connectivity index is 2.56. The van der Waals surface area contributed by atoms with Gasteiger partial charge in [-0.05, 0) is 54.8 Å². The van der Waals surface area contributed by atoms with Crippen molar-refractivity contribution >= 4 is 22.0 Å². The van der Waals surface area contributed by atoms with Crippen LogP contribution in [0.25, 0.3) is 0 Å². The molecule has 0 radical (unpaired) electrons. The quantitative estimate of drug-likeness (QED) is 0.845. The molecule has 1 atom stereocenters. The standard InChI is InChI=1S/C15H21BrFNO3/c1-15(2,3)21-14(20)18-8-10(9-19)7-11-5-4-6-12(17)13(11)16/h4-6,10,19H,7-9H2,1-3H3,(H,18,20). The van der Waals surface area contributed by atoms with E-state index >= 15 is 0 Å². The van der Waals surface area contributed by atoms with E-state index in [1.807, 2.05) is 0 Å². The molecule has 1 unspecified atom stereocenters. The van der Waals surface area contributed by atoms with E-state index < -0.39 is 11.7 Å². The van der Waals surface area contributed by atoms with Crippen molar-refractivity contribution in [2.24, 2.45) is 5.92 Å². The molecule has 21 heavy (non-hydrogen) atoms. The Kier molecular flexibility index (Phi) is 6.61. The highest BCUT2D eigenvalue weighted by molar-refractivity contribution is 9.10. The number of rotatable bonds is 5. The van der Waals surface area contributed by atoms with Crippen molar-refractivity contribution in [3.8, 4) is 0 Å². The molecule has 1 rings (SSSR count). The van der Waals surface area contributed by atoms with Crippen LogP contribution in [0.1, 0.15) is 26.3 Å². The first-order chi connectivity index (χ1) is 9.73. The highest BCUT2D eigenvalue weighted by Crippen LogP contribution is 2.23. The van der Waals surface area contributed by atoms with Crippen LogP contribution in [0.3, 0.4) is 0 Å². The van der Waals surface area contributed by atoms with Gasteiger partial charge in [0.05, 0.1) is 4.47 Å². The average molecular weight is 362 g/mol. The van der Waals surface area contributed by atoms with E-state index in [0.29, 0.717) is 10.9 Å². The summed E-state index contributed by atoms with van der Waals surface area (Å²) in [5.41, 5.74) is 0.185. The normalized spacial score (nSPS) is 12.9. The zero-order valence-corrected chi connectivity index (χ0v) is 14.0. The number of aliphatic hydroxyl groups excluding tert-OH is 1. The van der Waals surface area contributed by atoms with Crippen LogP contribution in [0.2, 0.25) is 0 Å². The maximum Gasteiger partial charge on any atom is 0.407 e. The Bertz CT molecular complexity index is 488. The molecule has 0 heterocycles. The number of carbonyl (C=O) groups excluding carboxylic acids is 1. The summed E-state index contributed by atoms with van der Waals surface area (Å²) in [7, 11) is 0. The minimum Gasteiger partial charge on any atom is -0.444 e. The number of hydrogen-bond acceptors (Lipinski definition) is 3. The van der Waals surface area contributed by atoms with Gasteiger partial charge in [0, 0.05) is 19.1 Å². The Labute approximate surface area is 132 Å². The zero-order valence-electron chi connectivity index (χ0n) is 12.5. The summed E-state index contributed by atoms with van der Waals surface area (Å²) in [6.45, 7) is 5.48. The number of amides is 1. The van der Waals surface area contributed by atoms with Crippen molar-refractivity contribution in [3.05, 3.63) is 34.1 Å². The molecule has 0 saturated heterocycles. The first-order valence-electron chi connectivity index (χ1n) is 6.73. The van der Waals surface area contributed by atoms with E-state index in [2.05, 4.69) is 21.2 Å². The second-order valence-electron chi connectivity index (χ2n) is 5.85. The number of alkyl carbamates (subject to hydrolysis) is 1. The fourth-order valence-corrected chi connectivity index (χ4v) is 2.19. The average Bonchev–Trinajstić information content (AvgIpc) is 2.37. The number of aliphatic hydroxyl groups is 1. The van der Waals surface area contributed by atoms with Crippen LogP contribution in [0, 0.1) is 11.7 Å². The van der Waals surface area contributed by atoms with Gasteiger partial charge in [0.2, 0.25) is 0 Å². The topological polar surface area (TPSA) is 58.6 Å². The van der Waals surface area contributed by atoms with Crippen molar-refractivity contribution in [3.63, 3.8) is 0 Å². The Morgan fingerprint density at radius 2 is 2.14 bits per heavy atom. The smallest absolute Gasteiger partial charge is 0.407 e. The second-order valence-corrected chi connectivity index (χ2v) is 6.64. The summed E-state index contributed by atoms with van der Waals surface area (Å²) in [6.07, 6.45) is -0.0794. The summed E-state index contributed by atoms with van der Waals surface area (Å²) < 4.78 is 18.9. The first kappa shape index (κ1) is 17.9. The molecule has 0 aliphatic carbocycles. The van der Waals surface area contributed by atoms with Crippen molar-refractivity contribution in [1.29, 1.82) is 0 Å². The predicted molar refractivity (Wildman–Crippen MR) is 82.6 cm³/mol. The SMILES string of the molecule is CC(C)(C)OC(=O)NCC(CO)Cc1cccc(F)c1Br. The van der Waals surface area contributed by atoms with Crippen LogP contribution in [-0.4, -0.2) is 30.0 Å². The molecular weight excluding hydrogens is 341 g/mol. The third-order valence-corrected chi connectivity index (χ3v) is 3.62. The largest absolute Gasteiger partial charge is 0.444 e. The van der Waals surface area contributed by atoms with Gasteiger partial charge in [-0.2, -0.15) is 0 Å². The molecule has 0 aliphatic heterocycles. The maximum atomic E-state index is 13.4. The third kappa shape index (κ3) is 6.44. The molecular formula is C15H21BrFNO3. The molecule has 4 nitrogen and oxygen atoms in total. The minimum absolute atomic E-state index is 0.112. The Morgan fingerprint density at radius 3 is 2.71 bits per heavy atom. The Hall–Kier alpha value is -1.14. The van der Waals surface area contributed by atoms with E-state index in [9.17, 15) is 14.3 Å². The first-order valence-corrected chi connectivity index (χ1v) is 7.53. The summed E-state index contributed by atoms with van der Waals surface area (Å²) in [4.78, 5) is 11.6. The lowest BCUT2D eigenvalue weighted by Gasteiger charge is -2.21. The molecule has 0 fully saturated rings. The van der Waals surface area contributed by atoms with Crippen LogP contribution in [0.15, 0.2) is 22.7 Å². The number of ether oxygens (including phenoxy) is 1. The highest BCUT2D eigenvalue weighted by Gasteiger charge is 2.18. The highest BCUT2D eigenvalue weighted by atomic mass is 79.9. The summed E-state index contributed by atoms with van der Waals surface area (Å²) in [5.74, 6) is -0.556. The lowest BCUT2D eigenvalue weighted by atomic mass is 10.00. The van der Waals surface area contributed by atoms with Gasteiger partial charge >= 0.3 is 6.09 Å². The lowest BCUT2D eigenvalue weighted by Crippen LogP contribution is -2.36. The number of carbonyl (C=O) groups is 1. The predicted octanol–water partition coefficient (Wildman–Crippen LogP) is 3.26. The van der Waals surface area contributed by atoms with Crippen molar-refractivity contribution in [1.82, 2.24) is 5.32 Å². The van der Waals surface area contributed by atoms with Gasteiger partial charge in [-0.3, -0.25) is 0 Å². The number of halogens is 2. The van der Waals surface area contributed by atoms with Crippen molar-refractivity contribution in [2.75, 3.05) is 13.2 Å². The van der Waals surface area contributed by atoms with E-state index in [1.165, 1.54) is 6.07 Å². The molecule has 0 aliphatic rings. The van der Waals surface area contributed by atoms with Crippen LogP contribution < -0.4 is 5.32 Å². The van der Waals surface area contributed by atoms with Crippen LogP contribution >= 0.6 is 15.9 Å². The van der Waals surface area contributed by atoms with Crippen LogP contribution in [0.4, 0.5) is 9.18 Å². The van der Waals surface area contributed by atoms with Gasteiger partial charge in [-0.15, -0.1) is 0 Å². The monoisotopic (exact) mass is 361 g/mol. The molecule has 0 aromatic heterocycles. The summed E-state index contributed by atoms with van der Waals surface area (Å²) in [6, 6.07) is 4.76. The van der Waals surface area contributed by atoms with E-state index in [0.717, 1.165) is 5.56 Å². The molecule has 2 N–H and O–H groups in total. The molecule has 118 valence electrons. The molecule has 1 aromatic rings. The number of hydrogen-bond donors (Lipinski definition) is 2. The molecule has 0 saturated carbocycles. The molecule has 6 heteroatoms. The van der Waals surface area contributed by atoms with Gasteiger partial charge in [0.25, 0.3) is 0 Å². The van der Waals surface area contributed by atoms with Gasteiger partial charge in [-0.1, -0.05) is 12.1 Å². The Morgan fingerprint density at radius 1 is 1.48 bits per heavy atom. The number of benzene rings is 1. The van der Waals surface area contributed by atoms with Gasteiger partial charge < -0.3 is 15.2 Å². The van der Waals surface area contributed by atoms with Gasteiger partial charge in [0.1, 0.15) is 11.4 Å². The van der Waals surface area contributed by atoms with Crippen molar-refractivity contribution in [2.45, 2.75) is 32.8 Å². The molecule has 0 spiro atoms. The van der Waals surface area contributed by atoms with E-state index in [1.54, 1.807) is 32.9 Å². The van der Waals surface area contributed by atoms with E-state index in [4.69, 9.17) is 4.74 Å². The molecule has 0 bridgehead atoms. The summed E-state index contributed by atoms with van der Waals surface area (Å²) >= 11 is 3.19. The minimum atomic E-state index is -0.565.